The lowest BCUT2D eigenvalue weighted by Crippen LogP contribution is -2.18. The van der Waals surface area contributed by atoms with Gasteiger partial charge in [0.25, 0.3) is 0 Å². The Labute approximate surface area is 162 Å². The number of carbonyl (C=O) groups is 1. The number of benzene rings is 1. The van der Waals surface area contributed by atoms with Gasteiger partial charge in [-0.2, -0.15) is 5.10 Å². The first-order valence-corrected chi connectivity index (χ1v) is 9.65. The van der Waals surface area contributed by atoms with Crippen LogP contribution in [-0.2, 0) is 9.53 Å². The van der Waals surface area contributed by atoms with E-state index in [0.29, 0.717) is 34.5 Å². The van der Waals surface area contributed by atoms with Gasteiger partial charge in [0, 0.05) is 26.2 Å². The number of carbonyl (C=O) groups excluding carboxylic acids is 1. The average Bonchev–Trinajstić information content (AvgIpc) is 3.14. The maximum atomic E-state index is 12.1. The van der Waals surface area contributed by atoms with Crippen LogP contribution < -0.4 is 5.01 Å². The third-order valence-electron chi connectivity index (χ3n) is 3.49. The van der Waals surface area contributed by atoms with Gasteiger partial charge in [-0.3, -0.25) is 5.01 Å². The summed E-state index contributed by atoms with van der Waals surface area (Å²) in [7, 11) is 0. The number of ether oxygens (including phenoxy) is 1. The lowest BCUT2D eigenvalue weighted by atomic mass is 10.1. The molecule has 3 rings (SSSR count). The number of esters is 1. The Morgan fingerprint density at radius 2 is 2.25 bits per heavy atom. The molecule has 1 atom stereocenters. The predicted octanol–water partition coefficient (Wildman–Crippen LogP) is 5.69. The second kappa shape index (κ2) is 7.44. The summed E-state index contributed by atoms with van der Waals surface area (Å²) in [5.74, 6) is -0.397. The Balaban J connectivity index is 2.00. The minimum absolute atomic E-state index is 0.112. The SMILES string of the molecule is CCOC(=O)C1=NN(c2ccc(Cl)cc2Cl)C(c2cc(Br)cs2)C1. The molecule has 0 fully saturated rings. The van der Waals surface area contributed by atoms with Crippen molar-refractivity contribution in [2.24, 2.45) is 5.10 Å². The number of hydrogen-bond acceptors (Lipinski definition) is 5. The van der Waals surface area contributed by atoms with Gasteiger partial charge in [0.05, 0.1) is 23.4 Å². The van der Waals surface area contributed by atoms with Gasteiger partial charge < -0.3 is 4.74 Å². The van der Waals surface area contributed by atoms with Crippen LogP contribution >= 0.6 is 50.5 Å². The molecule has 0 amide bonds. The highest BCUT2D eigenvalue weighted by Crippen LogP contribution is 2.42. The van der Waals surface area contributed by atoms with Crippen molar-refractivity contribution in [3.63, 3.8) is 0 Å². The van der Waals surface area contributed by atoms with Gasteiger partial charge >= 0.3 is 5.97 Å². The van der Waals surface area contributed by atoms with Crippen molar-refractivity contribution < 1.29 is 9.53 Å². The van der Waals surface area contributed by atoms with E-state index >= 15 is 0 Å². The van der Waals surface area contributed by atoms with E-state index in [-0.39, 0.29) is 6.04 Å². The van der Waals surface area contributed by atoms with Crippen LogP contribution in [0.4, 0.5) is 5.69 Å². The molecule has 0 saturated heterocycles. The molecular weight excluding hydrogens is 435 g/mol. The molecule has 0 bridgehead atoms. The topological polar surface area (TPSA) is 41.9 Å². The van der Waals surface area contributed by atoms with Crippen LogP contribution in [-0.4, -0.2) is 18.3 Å². The van der Waals surface area contributed by atoms with Gasteiger partial charge in [0.1, 0.15) is 5.71 Å². The molecule has 2 heterocycles. The Kier molecular flexibility index (Phi) is 5.49. The third kappa shape index (κ3) is 3.61. The van der Waals surface area contributed by atoms with Crippen molar-refractivity contribution in [3.8, 4) is 0 Å². The van der Waals surface area contributed by atoms with Crippen LogP contribution in [0.1, 0.15) is 24.3 Å². The summed E-state index contributed by atoms with van der Waals surface area (Å²) in [6.07, 6.45) is 0.463. The lowest BCUT2D eigenvalue weighted by Gasteiger charge is -2.23. The number of hydrazone groups is 1. The molecule has 1 aliphatic heterocycles. The first kappa shape index (κ1) is 17.7. The zero-order valence-corrected chi connectivity index (χ0v) is 16.5. The van der Waals surface area contributed by atoms with E-state index in [0.717, 1.165) is 9.35 Å². The highest BCUT2D eigenvalue weighted by Gasteiger charge is 2.34. The Hall–Kier alpha value is -1.08. The second-order valence-electron chi connectivity index (χ2n) is 5.09. The summed E-state index contributed by atoms with van der Waals surface area (Å²) < 4.78 is 6.09. The molecule has 2 aromatic rings. The van der Waals surface area contributed by atoms with Crippen molar-refractivity contribution in [2.45, 2.75) is 19.4 Å². The Bertz CT molecular complexity index is 809. The molecule has 8 heteroatoms. The standard InChI is InChI=1S/C16H13BrCl2N2O2S/c1-2-23-16(22)12-7-14(15-5-9(17)8-24-15)21(20-12)13-4-3-10(18)6-11(13)19/h3-6,8,14H,2,7H2,1H3. The fourth-order valence-corrected chi connectivity index (χ4v) is 4.49. The van der Waals surface area contributed by atoms with E-state index in [4.69, 9.17) is 27.9 Å². The molecule has 0 N–H and O–H groups in total. The molecule has 4 nitrogen and oxygen atoms in total. The molecule has 126 valence electrons. The highest BCUT2D eigenvalue weighted by atomic mass is 79.9. The Morgan fingerprint density at radius 1 is 1.46 bits per heavy atom. The fourth-order valence-electron chi connectivity index (χ4n) is 2.46. The smallest absolute Gasteiger partial charge is 0.354 e. The van der Waals surface area contributed by atoms with Crippen molar-refractivity contribution in [1.82, 2.24) is 0 Å². The molecule has 1 aliphatic rings. The summed E-state index contributed by atoms with van der Waals surface area (Å²) in [5, 5.41) is 9.27. The van der Waals surface area contributed by atoms with Crippen LogP contribution in [0.3, 0.4) is 0 Å². The van der Waals surface area contributed by atoms with Crippen LogP contribution in [0.5, 0.6) is 0 Å². The van der Waals surface area contributed by atoms with Crippen molar-refractivity contribution in [2.75, 3.05) is 11.6 Å². The summed E-state index contributed by atoms with van der Waals surface area (Å²) in [6, 6.07) is 7.13. The van der Waals surface area contributed by atoms with Gasteiger partial charge in [-0.15, -0.1) is 11.3 Å². The highest BCUT2D eigenvalue weighted by molar-refractivity contribution is 9.10. The van der Waals surface area contributed by atoms with E-state index in [2.05, 4.69) is 21.0 Å². The number of rotatable bonds is 4. The van der Waals surface area contributed by atoms with Gasteiger partial charge in [0.15, 0.2) is 0 Å². The molecule has 0 spiro atoms. The molecule has 0 saturated carbocycles. The summed E-state index contributed by atoms with van der Waals surface area (Å²) in [6.45, 7) is 2.09. The van der Waals surface area contributed by atoms with Gasteiger partial charge in [0.2, 0.25) is 0 Å². The molecule has 1 unspecified atom stereocenters. The minimum Gasteiger partial charge on any atom is -0.461 e. The fraction of sp³-hybridized carbons (Fsp3) is 0.250. The van der Waals surface area contributed by atoms with E-state index in [1.165, 1.54) is 0 Å². The largest absolute Gasteiger partial charge is 0.461 e. The van der Waals surface area contributed by atoms with E-state index in [1.807, 2.05) is 11.4 Å². The molecule has 24 heavy (non-hydrogen) atoms. The first-order chi connectivity index (χ1) is 11.5. The monoisotopic (exact) mass is 446 g/mol. The number of thiophene rings is 1. The summed E-state index contributed by atoms with van der Waals surface area (Å²) in [5.41, 5.74) is 1.09. The lowest BCUT2D eigenvalue weighted by molar-refractivity contribution is -0.135. The molecular formula is C16H13BrCl2N2O2S. The molecule has 1 aromatic heterocycles. The van der Waals surface area contributed by atoms with Crippen LogP contribution in [0.25, 0.3) is 0 Å². The quantitative estimate of drug-likeness (QED) is 0.565. The third-order valence-corrected chi connectivity index (χ3v) is 5.83. The van der Waals surface area contributed by atoms with Crippen molar-refractivity contribution >= 4 is 67.8 Å². The minimum atomic E-state index is -0.397. The van der Waals surface area contributed by atoms with E-state index < -0.39 is 5.97 Å². The number of halogens is 3. The summed E-state index contributed by atoms with van der Waals surface area (Å²) in [4.78, 5) is 13.2. The van der Waals surface area contributed by atoms with Crippen molar-refractivity contribution in [3.05, 3.63) is 49.0 Å². The maximum Gasteiger partial charge on any atom is 0.354 e. The number of nitrogens with zero attached hydrogens (tertiary/aromatic N) is 2. The molecule has 0 aliphatic carbocycles. The van der Waals surface area contributed by atoms with Gasteiger partial charge in [-0.1, -0.05) is 23.2 Å². The van der Waals surface area contributed by atoms with Crippen LogP contribution in [0, 0.1) is 0 Å². The predicted molar refractivity (Wildman–Crippen MR) is 102 cm³/mol. The second-order valence-corrected chi connectivity index (χ2v) is 7.80. The number of hydrogen-bond donors (Lipinski definition) is 0. The zero-order chi connectivity index (χ0) is 17.3. The molecule has 0 radical (unpaired) electrons. The van der Waals surface area contributed by atoms with Crippen molar-refractivity contribution in [1.29, 1.82) is 0 Å². The maximum absolute atomic E-state index is 12.1. The van der Waals surface area contributed by atoms with Crippen LogP contribution in [0.15, 0.2) is 39.2 Å². The molecule has 1 aromatic carbocycles. The average molecular weight is 448 g/mol. The Morgan fingerprint density at radius 3 is 2.88 bits per heavy atom. The van der Waals surface area contributed by atoms with Crippen LogP contribution in [0.2, 0.25) is 10.0 Å². The first-order valence-electron chi connectivity index (χ1n) is 7.22. The van der Waals surface area contributed by atoms with E-state index in [1.54, 1.807) is 41.5 Å². The number of anilines is 1. The van der Waals surface area contributed by atoms with E-state index in [9.17, 15) is 4.79 Å². The normalized spacial score (nSPS) is 17.1. The zero-order valence-electron chi connectivity index (χ0n) is 12.6. The van der Waals surface area contributed by atoms with Gasteiger partial charge in [-0.25, -0.2) is 4.79 Å². The summed E-state index contributed by atoms with van der Waals surface area (Å²) >= 11 is 17.4. The van der Waals surface area contributed by atoms with Gasteiger partial charge in [-0.05, 0) is 47.1 Å².